The van der Waals surface area contributed by atoms with Crippen LogP contribution in [0.3, 0.4) is 0 Å². The Balaban J connectivity index is 1.03. The van der Waals surface area contributed by atoms with E-state index in [-0.39, 0.29) is 0 Å². The molecule has 0 spiro atoms. The van der Waals surface area contributed by atoms with E-state index in [4.69, 9.17) is 9.68 Å². The molecule has 1 saturated carbocycles. The van der Waals surface area contributed by atoms with Crippen LogP contribution in [0, 0.1) is 23.2 Å². The fourth-order valence-corrected chi connectivity index (χ4v) is 4.55. The maximum absolute atomic E-state index is 8.87. The average Bonchev–Trinajstić information content (AvgIpc) is 3.40. The number of anilines is 2. The van der Waals surface area contributed by atoms with Gasteiger partial charge in [0.25, 0.3) is 5.89 Å². The molecule has 6 rings (SSSR count). The highest BCUT2D eigenvalue weighted by Crippen LogP contribution is 2.58. The van der Waals surface area contributed by atoms with Crippen LogP contribution in [-0.4, -0.2) is 55.2 Å². The van der Waals surface area contributed by atoms with Crippen molar-refractivity contribution in [3.8, 4) is 17.5 Å². The van der Waals surface area contributed by atoms with Crippen LogP contribution in [-0.2, 0) is 6.42 Å². The van der Waals surface area contributed by atoms with Gasteiger partial charge in [-0.05, 0) is 36.0 Å². The van der Waals surface area contributed by atoms with Crippen LogP contribution in [0.25, 0.3) is 11.5 Å². The van der Waals surface area contributed by atoms with Gasteiger partial charge in [0, 0.05) is 37.9 Å². The van der Waals surface area contributed by atoms with Crippen LogP contribution in [0.5, 0.6) is 0 Å². The van der Waals surface area contributed by atoms with Gasteiger partial charge < -0.3 is 14.6 Å². The molecule has 4 heterocycles. The maximum Gasteiger partial charge on any atom is 0.318 e. The molecule has 4 aromatic rings. The standard InChI is InChI=1S/C22H20N10O/c23-7-14-3-1-13(2-4-14)5-6-24-21-25-8-15(9-26-21)20-29-30-22(33-20)32-11-16-17(12-32)19(16)18-10-27-31-28-18/h1-4,8-10,16-17,19H,5-6,11-12H2,(H,24,25,26)(H,27,28,31)/t16-,17+,19?. The van der Waals surface area contributed by atoms with E-state index >= 15 is 0 Å². The minimum atomic E-state index is 0.405. The van der Waals surface area contributed by atoms with Gasteiger partial charge >= 0.3 is 6.01 Å². The SMILES string of the molecule is N#Cc1ccc(CCNc2ncc(-c3nnc(N4C[C@@H]5C(c6cn[nH]n6)[C@@H]5C4)o3)cn2)cc1. The molecule has 3 atom stereocenters. The van der Waals surface area contributed by atoms with Gasteiger partial charge in [-0.2, -0.15) is 20.7 Å². The molecule has 1 aliphatic heterocycles. The first-order chi connectivity index (χ1) is 16.3. The molecule has 0 radical (unpaired) electrons. The number of fused-ring (bicyclic) bond motifs is 1. The third-order valence-corrected chi connectivity index (χ3v) is 6.33. The number of hydrogen-bond donors (Lipinski definition) is 2. The number of hydrogen-bond acceptors (Lipinski definition) is 10. The maximum atomic E-state index is 8.87. The molecule has 1 saturated heterocycles. The van der Waals surface area contributed by atoms with Crippen molar-refractivity contribution in [1.82, 2.24) is 35.6 Å². The van der Waals surface area contributed by atoms with Gasteiger partial charge in [0.2, 0.25) is 5.95 Å². The van der Waals surface area contributed by atoms with Gasteiger partial charge in [0.05, 0.1) is 29.1 Å². The summed E-state index contributed by atoms with van der Waals surface area (Å²) in [5.41, 5.74) is 3.52. The number of nitrogens with zero attached hydrogens (tertiary/aromatic N) is 8. The smallest absolute Gasteiger partial charge is 0.318 e. The van der Waals surface area contributed by atoms with Gasteiger partial charge in [0.1, 0.15) is 0 Å². The minimum absolute atomic E-state index is 0.405. The minimum Gasteiger partial charge on any atom is -0.403 e. The largest absolute Gasteiger partial charge is 0.403 e. The van der Waals surface area contributed by atoms with E-state index in [1.54, 1.807) is 12.4 Å². The summed E-state index contributed by atoms with van der Waals surface area (Å²) in [6, 6.07) is 10.2. The second-order valence-corrected chi connectivity index (χ2v) is 8.32. The fourth-order valence-electron chi connectivity index (χ4n) is 4.55. The van der Waals surface area contributed by atoms with E-state index < -0.39 is 0 Å². The van der Waals surface area contributed by atoms with Crippen LogP contribution in [0.2, 0.25) is 0 Å². The molecule has 2 fully saturated rings. The molecule has 11 heteroatoms. The lowest BCUT2D eigenvalue weighted by atomic mass is 10.1. The molecule has 0 amide bonds. The van der Waals surface area contributed by atoms with Crippen molar-refractivity contribution in [3.05, 3.63) is 59.7 Å². The van der Waals surface area contributed by atoms with Crippen molar-refractivity contribution < 1.29 is 4.42 Å². The summed E-state index contributed by atoms with van der Waals surface area (Å²) in [7, 11) is 0. The molecular formula is C22H20N10O. The summed E-state index contributed by atoms with van der Waals surface area (Å²) in [6.07, 6.45) is 5.97. The Bertz CT molecular complexity index is 1260. The zero-order valence-corrected chi connectivity index (χ0v) is 17.6. The Morgan fingerprint density at radius 2 is 1.88 bits per heavy atom. The van der Waals surface area contributed by atoms with Crippen molar-refractivity contribution in [2.24, 2.45) is 11.8 Å². The number of aromatic amines is 1. The second-order valence-electron chi connectivity index (χ2n) is 8.32. The first-order valence-corrected chi connectivity index (χ1v) is 10.8. The van der Waals surface area contributed by atoms with Gasteiger partial charge in [0.15, 0.2) is 0 Å². The summed E-state index contributed by atoms with van der Waals surface area (Å²) < 4.78 is 5.89. The Labute approximate surface area is 188 Å². The highest BCUT2D eigenvalue weighted by Gasteiger charge is 2.58. The van der Waals surface area contributed by atoms with Gasteiger partial charge in [-0.3, -0.25) is 0 Å². The normalized spacial score (nSPS) is 20.9. The quantitative estimate of drug-likeness (QED) is 0.437. The number of benzene rings is 1. The third-order valence-electron chi connectivity index (χ3n) is 6.33. The highest BCUT2D eigenvalue weighted by atomic mass is 16.4. The molecule has 164 valence electrons. The Morgan fingerprint density at radius 1 is 1.09 bits per heavy atom. The molecule has 11 nitrogen and oxygen atoms in total. The lowest BCUT2D eigenvalue weighted by Crippen LogP contribution is -2.23. The number of aromatic nitrogens is 7. The molecule has 2 N–H and O–H groups in total. The lowest BCUT2D eigenvalue weighted by molar-refractivity contribution is 0.543. The zero-order valence-electron chi connectivity index (χ0n) is 17.6. The van der Waals surface area contributed by atoms with E-state index in [2.05, 4.69) is 51.9 Å². The summed E-state index contributed by atoms with van der Waals surface area (Å²) in [6.45, 7) is 2.44. The van der Waals surface area contributed by atoms with Crippen LogP contribution in [0.1, 0.15) is 22.7 Å². The van der Waals surface area contributed by atoms with E-state index in [0.717, 1.165) is 30.8 Å². The summed E-state index contributed by atoms with van der Waals surface area (Å²) >= 11 is 0. The Morgan fingerprint density at radius 3 is 2.58 bits per heavy atom. The molecule has 3 aromatic heterocycles. The molecule has 1 aromatic carbocycles. The third kappa shape index (κ3) is 3.76. The topological polar surface area (TPSA) is 145 Å². The van der Waals surface area contributed by atoms with Crippen LogP contribution in [0.15, 0.2) is 47.3 Å². The van der Waals surface area contributed by atoms with Crippen LogP contribution < -0.4 is 10.2 Å². The van der Waals surface area contributed by atoms with Gasteiger partial charge in [-0.25, -0.2) is 9.97 Å². The van der Waals surface area contributed by atoms with E-state index in [9.17, 15) is 0 Å². The van der Waals surface area contributed by atoms with Crippen molar-refractivity contribution in [1.29, 1.82) is 5.26 Å². The molecule has 1 unspecified atom stereocenters. The zero-order chi connectivity index (χ0) is 22.2. The van der Waals surface area contributed by atoms with E-state index in [1.807, 2.05) is 30.5 Å². The number of piperidine rings is 1. The highest BCUT2D eigenvalue weighted by molar-refractivity contribution is 5.52. The average molecular weight is 440 g/mol. The van der Waals surface area contributed by atoms with Crippen LogP contribution in [0.4, 0.5) is 12.0 Å². The van der Waals surface area contributed by atoms with Gasteiger partial charge in [-0.1, -0.05) is 17.2 Å². The number of nitriles is 1. The summed E-state index contributed by atoms with van der Waals surface area (Å²) in [5, 5.41) is 31.3. The Kier molecular flexibility index (Phi) is 4.68. The summed E-state index contributed by atoms with van der Waals surface area (Å²) in [5.74, 6) is 2.54. The van der Waals surface area contributed by atoms with Gasteiger partial charge in [-0.15, -0.1) is 5.10 Å². The van der Waals surface area contributed by atoms with Crippen LogP contribution >= 0.6 is 0 Å². The predicted octanol–water partition coefficient (Wildman–Crippen LogP) is 2.02. The Hall–Kier alpha value is -4.33. The van der Waals surface area contributed by atoms with Crippen molar-refractivity contribution in [2.75, 3.05) is 29.9 Å². The molecule has 0 bridgehead atoms. The second kappa shape index (κ2) is 7.98. The van der Waals surface area contributed by atoms with Crippen molar-refractivity contribution in [3.63, 3.8) is 0 Å². The first-order valence-electron chi connectivity index (χ1n) is 10.8. The number of H-pyrrole nitrogens is 1. The monoisotopic (exact) mass is 440 g/mol. The van der Waals surface area contributed by atoms with E-state index in [1.165, 1.54) is 0 Å². The molecular weight excluding hydrogens is 420 g/mol. The molecule has 2 aliphatic rings. The fraction of sp³-hybridized carbons (Fsp3) is 0.318. The number of rotatable bonds is 7. The molecule has 1 aliphatic carbocycles. The molecule has 33 heavy (non-hydrogen) atoms. The number of nitrogens with one attached hydrogen (secondary N) is 2. The van der Waals surface area contributed by atoms with Crippen molar-refractivity contribution in [2.45, 2.75) is 12.3 Å². The summed E-state index contributed by atoms with van der Waals surface area (Å²) in [4.78, 5) is 10.8. The van der Waals surface area contributed by atoms with E-state index in [0.29, 0.717) is 53.3 Å². The predicted molar refractivity (Wildman–Crippen MR) is 117 cm³/mol. The lowest BCUT2D eigenvalue weighted by Gasteiger charge is -2.15. The van der Waals surface area contributed by atoms with Crippen molar-refractivity contribution >= 4 is 12.0 Å². The first kappa shape index (κ1) is 19.4.